The molecule has 0 saturated heterocycles. The molecule has 9 heteroatoms. The second kappa shape index (κ2) is 9.61. The molecule has 0 rings (SSSR count). The van der Waals surface area contributed by atoms with E-state index >= 15 is 0 Å². The summed E-state index contributed by atoms with van der Waals surface area (Å²) in [7, 11) is 0. The van der Waals surface area contributed by atoms with E-state index in [9.17, 15) is 0 Å². The van der Waals surface area contributed by atoms with Gasteiger partial charge in [0.05, 0.1) is 0 Å². The summed E-state index contributed by atoms with van der Waals surface area (Å²) in [5.41, 5.74) is 0. The third-order valence-corrected chi connectivity index (χ3v) is 0. The summed E-state index contributed by atoms with van der Waals surface area (Å²) < 4.78 is 0. The summed E-state index contributed by atoms with van der Waals surface area (Å²) >= 11 is 0. The minimum atomic E-state index is -1.50. The van der Waals surface area contributed by atoms with Gasteiger partial charge in [0.25, 0.3) is 10.2 Å². The van der Waals surface area contributed by atoms with Crippen LogP contribution in [-0.2, 0) is 0 Å². The molecule has 0 aromatic rings. The van der Waals surface area contributed by atoms with Crippen LogP contribution in [0.2, 0.25) is 0 Å². The molecule has 0 unspecified atom stereocenters. The van der Waals surface area contributed by atoms with Crippen LogP contribution < -0.4 is 6.15 Å². The first kappa shape index (κ1) is 15.7. The van der Waals surface area contributed by atoms with Crippen LogP contribution in [0.5, 0.6) is 0 Å². The fourth-order valence-corrected chi connectivity index (χ4v) is 0. The molecule has 0 aliphatic rings. The Kier molecular flexibility index (Phi) is 16.7. The van der Waals surface area contributed by atoms with Crippen LogP contribution in [0.25, 0.3) is 0 Å². The molecule has 9 heavy (non-hydrogen) atoms. The highest BCUT2D eigenvalue weighted by atomic mass is 17.2. The smallest absolute Gasteiger partial charge is 0.291 e. The van der Waals surface area contributed by atoms with Crippen LogP contribution in [0.4, 0.5) is 0 Å². The zero-order valence-corrected chi connectivity index (χ0v) is 4.13. The standard InChI is InChI=1S/2HNO3.H3N/c2*2-1(3)4;/h2*(H,2,3,4);1H3/i1+1;;. The van der Waals surface area contributed by atoms with Crippen molar-refractivity contribution in [2.24, 2.45) is 0 Å². The molecule has 0 radical (unpaired) electrons. The zero-order valence-electron chi connectivity index (χ0n) is 4.13. The molecular weight excluding hydrogens is 139 g/mol. The van der Waals surface area contributed by atoms with Crippen LogP contribution in [0.3, 0.4) is 0 Å². The molecule has 9 nitrogen and oxygen atoms in total. The molecule has 0 amide bonds. The summed E-state index contributed by atoms with van der Waals surface area (Å²) in [5.74, 6) is 0. The molecule has 0 aliphatic carbocycles. The third kappa shape index (κ3) is 45.0. The van der Waals surface area contributed by atoms with Crippen molar-refractivity contribution >= 4 is 0 Å². The van der Waals surface area contributed by atoms with Crippen molar-refractivity contribution in [2.75, 3.05) is 0 Å². The van der Waals surface area contributed by atoms with Gasteiger partial charge in [0.2, 0.25) is 0 Å². The molecule has 0 saturated carbocycles. The maximum atomic E-state index is 8.36. The highest BCUT2D eigenvalue weighted by Gasteiger charge is 1.65. The molecule has 0 aromatic carbocycles. The molecule has 0 bridgehead atoms. The maximum absolute atomic E-state index is 8.36. The Hall–Kier alpha value is -1.64. The van der Waals surface area contributed by atoms with Gasteiger partial charge in [0, 0.05) is 0 Å². The molecule has 0 atom stereocenters. The second-order valence-electron chi connectivity index (χ2n) is 0.476. The topological polar surface area (TPSA) is 162 Å². The van der Waals surface area contributed by atoms with Crippen molar-refractivity contribution in [1.29, 1.82) is 0 Å². The summed E-state index contributed by atoms with van der Waals surface area (Å²) in [6.07, 6.45) is 0. The largest absolute Gasteiger partial charge is 0.344 e. The number of hydrogen-bond acceptors (Lipinski definition) is 5. The Morgan fingerprint density at radius 1 is 1.00 bits per heavy atom. The van der Waals surface area contributed by atoms with Crippen LogP contribution in [0, 0.1) is 20.2 Å². The number of hydrogen-bond donors (Lipinski definition) is 3. The first-order chi connectivity index (χ1) is 3.46. The fraction of sp³-hybridized carbons (Fsp3) is 0. The highest BCUT2D eigenvalue weighted by Crippen LogP contribution is 1.38. The lowest BCUT2D eigenvalue weighted by Gasteiger charge is -1.56. The van der Waals surface area contributed by atoms with Crippen LogP contribution in [0.15, 0.2) is 0 Å². The van der Waals surface area contributed by atoms with E-state index in [1.54, 1.807) is 0 Å². The van der Waals surface area contributed by atoms with Crippen molar-refractivity contribution in [3.05, 3.63) is 20.2 Å². The minimum Gasteiger partial charge on any atom is -0.344 e. The van der Waals surface area contributed by atoms with Crippen molar-refractivity contribution in [1.82, 2.24) is 6.15 Å². The van der Waals surface area contributed by atoms with Gasteiger partial charge < -0.3 is 16.6 Å². The average molecular weight is 144 g/mol. The summed E-state index contributed by atoms with van der Waals surface area (Å²) in [6, 6.07) is 0. The number of rotatable bonds is 0. The van der Waals surface area contributed by atoms with E-state index in [2.05, 4.69) is 0 Å². The van der Waals surface area contributed by atoms with Crippen LogP contribution >= 0.6 is 0 Å². The zero-order chi connectivity index (χ0) is 7.15. The van der Waals surface area contributed by atoms with E-state index in [1.165, 1.54) is 0 Å². The Balaban J connectivity index is -0.0000000720. The van der Waals surface area contributed by atoms with Crippen LogP contribution in [-0.4, -0.2) is 20.6 Å². The van der Waals surface area contributed by atoms with Gasteiger partial charge in [-0.3, -0.25) is 0 Å². The van der Waals surface area contributed by atoms with Crippen molar-refractivity contribution in [2.45, 2.75) is 0 Å². The van der Waals surface area contributed by atoms with Gasteiger partial charge in [-0.25, -0.2) is 0 Å². The highest BCUT2D eigenvalue weighted by molar-refractivity contribution is 3.83. The second-order valence-corrected chi connectivity index (χ2v) is 0.476. The summed E-state index contributed by atoms with van der Waals surface area (Å²) in [5, 5.41) is 27.3. The minimum absolute atomic E-state index is 0. The Bertz CT molecular complexity index is 66.3. The van der Waals surface area contributed by atoms with Crippen molar-refractivity contribution < 1.29 is 20.6 Å². The normalized spacial score (nSPS) is 5.33. The SMILES string of the molecule is N.O=[15N+]([O-])O.O=[N+]([O-])O. The lowest BCUT2D eigenvalue weighted by molar-refractivity contribution is -0.742. The van der Waals surface area contributed by atoms with Crippen molar-refractivity contribution in [3.63, 3.8) is 0 Å². The Morgan fingerprint density at radius 3 is 1.00 bits per heavy atom. The third-order valence-electron chi connectivity index (χ3n) is 0. The van der Waals surface area contributed by atoms with Gasteiger partial charge >= 0.3 is 0 Å². The molecule has 0 aliphatic heterocycles. The Morgan fingerprint density at radius 2 is 1.00 bits per heavy atom. The lowest BCUT2D eigenvalue weighted by Crippen LogP contribution is -1.81. The van der Waals surface area contributed by atoms with Gasteiger partial charge in [-0.1, -0.05) is 0 Å². The first-order valence-corrected chi connectivity index (χ1v) is 1.13. The lowest BCUT2D eigenvalue weighted by atomic mass is 13.1. The predicted octanol–water partition coefficient (Wildman–Crippen LogP) is -0.533. The number of nitrogens with zero attached hydrogens (tertiary/aromatic N) is 2. The van der Waals surface area contributed by atoms with E-state index in [0.29, 0.717) is 0 Å². The molecule has 0 spiro atoms. The Labute approximate surface area is 48.3 Å². The monoisotopic (exact) mass is 144 g/mol. The van der Waals surface area contributed by atoms with E-state index in [0.717, 1.165) is 0 Å². The molecule has 0 fully saturated rings. The van der Waals surface area contributed by atoms with Crippen LogP contribution in [0.1, 0.15) is 0 Å². The van der Waals surface area contributed by atoms with Gasteiger partial charge in [-0.05, 0) is 0 Å². The molecular formula is H5N3O6. The summed E-state index contributed by atoms with van der Waals surface area (Å²) in [6.45, 7) is 0. The summed E-state index contributed by atoms with van der Waals surface area (Å²) in [4.78, 5) is 16.7. The molecule has 0 heterocycles. The quantitative estimate of drug-likeness (QED) is 0.233. The molecule has 0 aromatic heterocycles. The first-order valence-electron chi connectivity index (χ1n) is 1.13. The van der Waals surface area contributed by atoms with Gasteiger partial charge in [0.1, 0.15) is 0 Å². The van der Waals surface area contributed by atoms with Gasteiger partial charge in [-0.2, -0.15) is 0 Å². The molecule has 5 N–H and O–H groups in total. The fourth-order valence-electron chi connectivity index (χ4n) is 0. The van der Waals surface area contributed by atoms with E-state index in [-0.39, 0.29) is 6.15 Å². The van der Waals surface area contributed by atoms with Gasteiger partial charge in [-0.15, -0.1) is 20.2 Å². The van der Waals surface area contributed by atoms with Crippen molar-refractivity contribution in [3.8, 4) is 0 Å². The van der Waals surface area contributed by atoms with E-state index in [1.807, 2.05) is 0 Å². The predicted molar refractivity (Wildman–Crippen MR) is 22.6 cm³/mol. The van der Waals surface area contributed by atoms with E-state index in [4.69, 9.17) is 30.6 Å². The molecule has 56 valence electrons. The maximum Gasteiger partial charge on any atom is 0.291 e. The van der Waals surface area contributed by atoms with E-state index < -0.39 is 10.2 Å². The average Bonchev–Trinajstić information content (AvgIpc) is 1.25. The van der Waals surface area contributed by atoms with Gasteiger partial charge in [0.15, 0.2) is 0 Å².